The molecule has 1 saturated heterocycles. The SMILES string of the molecule is CC(Nc1ccc2c(c1)OCO2)c1ccc(N2CCC(O)CC2)cc1. The fourth-order valence-corrected chi connectivity index (χ4v) is 3.42. The lowest BCUT2D eigenvalue weighted by Gasteiger charge is -2.31. The van der Waals surface area contributed by atoms with Gasteiger partial charge in [-0.3, -0.25) is 0 Å². The van der Waals surface area contributed by atoms with Gasteiger partial charge in [-0.15, -0.1) is 0 Å². The third kappa shape index (κ3) is 3.51. The maximum Gasteiger partial charge on any atom is 0.231 e. The van der Waals surface area contributed by atoms with E-state index in [1.54, 1.807) is 0 Å². The monoisotopic (exact) mass is 340 g/mol. The van der Waals surface area contributed by atoms with Gasteiger partial charge >= 0.3 is 0 Å². The summed E-state index contributed by atoms with van der Waals surface area (Å²) in [7, 11) is 0. The molecule has 132 valence electrons. The molecule has 1 fully saturated rings. The molecule has 0 radical (unpaired) electrons. The average molecular weight is 340 g/mol. The zero-order valence-corrected chi connectivity index (χ0v) is 14.4. The van der Waals surface area contributed by atoms with Crippen LogP contribution in [0.5, 0.6) is 11.5 Å². The molecule has 2 aliphatic rings. The summed E-state index contributed by atoms with van der Waals surface area (Å²) in [5.74, 6) is 1.59. The second-order valence-corrected chi connectivity index (χ2v) is 6.74. The summed E-state index contributed by atoms with van der Waals surface area (Å²) in [5.41, 5.74) is 3.48. The Bertz CT molecular complexity index is 724. The van der Waals surface area contributed by atoms with Crippen LogP contribution in [-0.2, 0) is 0 Å². The summed E-state index contributed by atoms with van der Waals surface area (Å²) in [5, 5.41) is 13.1. The summed E-state index contributed by atoms with van der Waals surface area (Å²) in [6.45, 7) is 4.29. The van der Waals surface area contributed by atoms with E-state index in [9.17, 15) is 5.11 Å². The van der Waals surface area contributed by atoms with Crippen molar-refractivity contribution in [1.29, 1.82) is 0 Å². The molecule has 25 heavy (non-hydrogen) atoms. The number of nitrogens with zero attached hydrogens (tertiary/aromatic N) is 1. The first-order valence-corrected chi connectivity index (χ1v) is 8.88. The van der Waals surface area contributed by atoms with Gasteiger partial charge in [0.15, 0.2) is 11.5 Å². The number of aliphatic hydroxyl groups is 1. The van der Waals surface area contributed by atoms with Crippen LogP contribution in [0.2, 0.25) is 0 Å². The minimum absolute atomic E-state index is 0.138. The molecule has 1 unspecified atom stereocenters. The van der Waals surface area contributed by atoms with E-state index in [0.717, 1.165) is 43.1 Å². The Labute approximate surface area is 148 Å². The number of hydrogen-bond acceptors (Lipinski definition) is 5. The van der Waals surface area contributed by atoms with Gasteiger partial charge in [0.1, 0.15) is 0 Å². The van der Waals surface area contributed by atoms with E-state index in [-0.39, 0.29) is 12.1 Å². The third-order valence-corrected chi connectivity index (χ3v) is 4.98. The maximum absolute atomic E-state index is 9.64. The van der Waals surface area contributed by atoms with Gasteiger partial charge in [-0.25, -0.2) is 0 Å². The van der Waals surface area contributed by atoms with Gasteiger partial charge in [0.25, 0.3) is 0 Å². The highest BCUT2D eigenvalue weighted by molar-refractivity contribution is 5.57. The summed E-state index contributed by atoms with van der Waals surface area (Å²) < 4.78 is 10.8. The molecule has 2 aromatic rings. The van der Waals surface area contributed by atoms with Crippen LogP contribution in [0.15, 0.2) is 42.5 Å². The van der Waals surface area contributed by atoms with Crippen LogP contribution in [0.25, 0.3) is 0 Å². The zero-order valence-electron chi connectivity index (χ0n) is 14.4. The summed E-state index contributed by atoms with van der Waals surface area (Å²) in [6.07, 6.45) is 1.56. The molecule has 2 N–H and O–H groups in total. The molecule has 4 rings (SSSR count). The van der Waals surface area contributed by atoms with Crippen LogP contribution in [0, 0.1) is 0 Å². The largest absolute Gasteiger partial charge is 0.454 e. The van der Waals surface area contributed by atoms with Gasteiger partial charge in [-0.1, -0.05) is 12.1 Å². The highest BCUT2D eigenvalue weighted by Crippen LogP contribution is 2.35. The van der Waals surface area contributed by atoms with Gasteiger partial charge in [0.05, 0.1) is 6.10 Å². The first-order chi connectivity index (χ1) is 12.2. The van der Waals surface area contributed by atoms with Crippen LogP contribution in [0.1, 0.15) is 31.4 Å². The zero-order chi connectivity index (χ0) is 17.2. The van der Waals surface area contributed by atoms with E-state index in [0.29, 0.717) is 6.79 Å². The lowest BCUT2D eigenvalue weighted by atomic mass is 10.0. The van der Waals surface area contributed by atoms with Crippen LogP contribution >= 0.6 is 0 Å². The van der Waals surface area contributed by atoms with Gasteiger partial charge in [0, 0.05) is 36.6 Å². The minimum Gasteiger partial charge on any atom is -0.454 e. The summed E-state index contributed by atoms with van der Waals surface area (Å²) in [6, 6.07) is 14.8. The number of nitrogens with one attached hydrogen (secondary N) is 1. The predicted octanol–water partition coefficient (Wildman–Crippen LogP) is 3.55. The molecule has 1 atom stereocenters. The Hall–Kier alpha value is -2.40. The molecule has 0 saturated carbocycles. The Morgan fingerprint density at radius 1 is 1.04 bits per heavy atom. The molecule has 5 nitrogen and oxygen atoms in total. The van der Waals surface area contributed by atoms with Gasteiger partial charge in [-0.2, -0.15) is 0 Å². The number of fused-ring (bicyclic) bond motifs is 1. The van der Waals surface area contributed by atoms with E-state index in [4.69, 9.17) is 9.47 Å². The lowest BCUT2D eigenvalue weighted by molar-refractivity contribution is 0.145. The van der Waals surface area contributed by atoms with E-state index in [1.165, 1.54) is 11.3 Å². The van der Waals surface area contributed by atoms with Gasteiger partial charge in [-0.05, 0) is 49.6 Å². The van der Waals surface area contributed by atoms with E-state index >= 15 is 0 Å². The molecule has 0 aliphatic carbocycles. The molecule has 2 heterocycles. The normalized spacial score (nSPS) is 18.2. The second kappa shape index (κ2) is 6.84. The molecule has 0 bridgehead atoms. The predicted molar refractivity (Wildman–Crippen MR) is 98.5 cm³/mol. The smallest absolute Gasteiger partial charge is 0.231 e. The molecular weight excluding hydrogens is 316 g/mol. The average Bonchev–Trinajstić information content (AvgIpc) is 3.10. The van der Waals surface area contributed by atoms with Crippen LogP contribution in [0.3, 0.4) is 0 Å². The molecule has 0 amide bonds. The van der Waals surface area contributed by atoms with Crippen molar-refractivity contribution in [2.24, 2.45) is 0 Å². The number of aliphatic hydroxyl groups excluding tert-OH is 1. The summed E-state index contributed by atoms with van der Waals surface area (Å²) >= 11 is 0. The molecule has 2 aromatic carbocycles. The van der Waals surface area contributed by atoms with Crippen LogP contribution in [0.4, 0.5) is 11.4 Å². The van der Waals surface area contributed by atoms with Crippen molar-refractivity contribution in [3.05, 3.63) is 48.0 Å². The Balaban J connectivity index is 1.41. The van der Waals surface area contributed by atoms with Gasteiger partial charge < -0.3 is 24.8 Å². The standard InChI is InChI=1S/C20H24N2O3/c1-14(21-16-4-7-19-20(12-16)25-13-24-19)15-2-5-17(6-3-15)22-10-8-18(23)9-11-22/h2-7,12,14,18,21,23H,8-11,13H2,1H3. The number of hydrogen-bond donors (Lipinski definition) is 2. The maximum atomic E-state index is 9.64. The highest BCUT2D eigenvalue weighted by atomic mass is 16.7. The first kappa shape index (κ1) is 16.1. The van der Waals surface area contributed by atoms with Crippen molar-refractivity contribution in [1.82, 2.24) is 0 Å². The Kier molecular flexibility index (Phi) is 4.40. The third-order valence-electron chi connectivity index (χ3n) is 4.98. The van der Waals surface area contributed by atoms with E-state index in [2.05, 4.69) is 41.4 Å². The molecule has 0 aromatic heterocycles. The van der Waals surface area contributed by atoms with Crippen LogP contribution in [-0.4, -0.2) is 31.1 Å². The van der Waals surface area contributed by atoms with Crippen molar-refractivity contribution >= 4 is 11.4 Å². The number of piperidine rings is 1. The fraction of sp³-hybridized carbons (Fsp3) is 0.400. The highest BCUT2D eigenvalue weighted by Gasteiger charge is 2.18. The van der Waals surface area contributed by atoms with Crippen molar-refractivity contribution in [3.63, 3.8) is 0 Å². The van der Waals surface area contributed by atoms with E-state index in [1.807, 2.05) is 18.2 Å². The number of ether oxygens (including phenoxy) is 2. The number of rotatable bonds is 4. The second-order valence-electron chi connectivity index (χ2n) is 6.74. The van der Waals surface area contributed by atoms with Crippen molar-refractivity contribution < 1.29 is 14.6 Å². The molecule has 0 spiro atoms. The van der Waals surface area contributed by atoms with E-state index < -0.39 is 0 Å². The van der Waals surface area contributed by atoms with Gasteiger partial charge in [0.2, 0.25) is 6.79 Å². The fourth-order valence-electron chi connectivity index (χ4n) is 3.42. The van der Waals surface area contributed by atoms with Crippen LogP contribution < -0.4 is 19.7 Å². The minimum atomic E-state index is -0.138. The quantitative estimate of drug-likeness (QED) is 0.891. The summed E-state index contributed by atoms with van der Waals surface area (Å²) in [4.78, 5) is 2.34. The topological polar surface area (TPSA) is 54.0 Å². The number of anilines is 2. The Morgan fingerprint density at radius 3 is 2.52 bits per heavy atom. The molecular formula is C20H24N2O3. The van der Waals surface area contributed by atoms with Crippen molar-refractivity contribution in [2.45, 2.75) is 31.9 Å². The Morgan fingerprint density at radius 2 is 1.76 bits per heavy atom. The van der Waals surface area contributed by atoms with Crippen molar-refractivity contribution in [2.75, 3.05) is 30.1 Å². The number of benzene rings is 2. The lowest BCUT2D eigenvalue weighted by Crippen LogP contribution is -2.35. The molecule has 2 aliphatic heterocycles. The molecule has 5 heteroatoms. The van der Waals surface area contributed by atoms with Crippen molar-refractivity contribution in [3.8, 4) is 11.5 Å². The first-order valence-electron chi connectivity index (χ1n) is 8.88.